The van der Waals surface area contributed by atoms with E-state index >= 15 is 0 Å². The highest BCUT2D eigenvalue weighted by atomic mass is 32.1. The number of ether oxygens (including phenoxy) is 1. The van der Waals surface area contributed by atoms with Gasteiger partial charge in [-0.3, -0.25) is 4.79 Å². The molecule has 0 saturated carbocycles. The molecule has 1 aliphatic rings. The van der Waals surface area contributed by atoms with Gasteiger partial charge in [-0.2, -0.15) is 0 Å². The monoisotopic (exact) mass is 333 g/mol. The molecule has 1 N–H and O–H groups in total. The number of carbonyl (C=O) groups is 1. The summed E-state index contributed by atoms with van der Waals surface area (Å²) in [5.74, 6) is 0.824. The van der Waals surface area contributed by atoms with Gasteiger partial charge in [0.25, 0.3) is 0 Å². The number of thiazole rings is 1. The molecule has 1 amide bonds. The van der Waals surface area contributed by atoms with Crippen molar-refractivity contribution in [3.8, 4) is 0 Å². The summed E-state index contributed by atoms with van der Waals surface area (Å²) in [5, 5.41) is 5.76. The van der Waals surface area contributed by atoms with Gasteiger partial charge in [0.2, 0.25) is 5.91 Å². The largest absolute Gasteiger partial charge is 0.378 e. The molecule has 0 aromatic carbocycles. The molecule has 1 saturated heterocycles. The van der Waals surface area contributed by atoms with Gasteiger partial charge in [0, 0.05) is 24.5 Å². The highest BCUT2D eigenvalue weighted by Crippen LogP contribution is 2.13. The predicted molar refractivity (Wildman–Crippen MR) is 87.5 cm³/mol. The second kappa shape index (κ2) is 7.47. The molecular formula is C15H19N5O2S. The van der Waals surface area contributed by atoms with Crippen LogP contribution >= 0.6 is 11.3 Å². The Labute approximate surface area is 138 Å². The number of aromatic nitrogens is 3. The van der Waals surface area contributed by atoms with E-state index < -0.39 is 0 Å². The van der Waals surface area contributed by atoms with E-state index in [1.807, 2.05) is 18.4 Å². The zero-order valence-electron chi connectivity index (χ0n) is 13.0. The highest BCUT2D eigenvalue weighted by molar-refractivity contribution is 7.09. The first-order chi connectivity index (χ1) is 11.2. The average molecular weight is 333 g/mol. The van der Waals surface area contributed by atoms with E-state index in [2.05, 4.69) is 25.2 Å². The summed E-state index contributed by atoms with van der Waals surface area (Å²) >= 11 is 1.55. The molecule has 1 fully saturated rings. The lowest BCUT2D eigenvalue weighted by Crippen LogP contribution is -2.37. The number of morpholine rings is 1. The molecule has 2 aromatic rings. The SMILES string of the molecule is Cc1nc(CC(=O)NCc2cc(N3CCOCC3)ncn2)cs1. The van der Waals surface area contributed by atoms with Gasteiger partial charge in [-0.1, -0.05) is 0 Å². The van der Waals surface area contributed by atoms with Gasteiger partial charge < -0.3 is 15.0 Å². The number of nitrogens with zero attached hydrogens (tertiary/aromatic N) is 4. The third kappa shape index (κ3) is 4.46. The Hall–Kier alpha value is -2.06. The normalized spacial score (nSPS) is 14.7. The first-order valence-electron chi connectivity index (χ1n) is 7.52. The molecule has 7 nitrogen and oxygen atoms in total. The van der Waals surface area contributed by atoms with Crippen molar-refractivity contribution in [3.63, 3.8) is 0 Å². The summed E-state index contributed by atoms with van der Waals surface area (Å²) in [6.07, 6.45) is 1.84. The smallest absolute Gasteiger partial charge is 0.226 e. The van der Waals surface area contributed by atoms with Gasteiger partial charge in [-0.25, -0.2) is 15.0 Å². The van der Waals surface area contributed by atoms with Crippen molar-refractivity contribution >= 4 is 23.1 Å². The summed E-state index contributed by atoms with van der Waals surface area (Å²) in [6, 6.07) is 1.92. The van der Waals surface area contributed by atoms with E-state index in [1.54, 1.807) is 11.3 Å². The van der Waals surface area contributed by atoms with Crippen LogP contribution in [0.25, 0.3) is 0 Å². The van der Waals surface area contributed by atoms with Crippen LogP contribution in [0.2, 0.25) is 0 Å². The van der Waals surface area contributed by atoms with E-state index in [0.717, 1.165) is 35.3 Å². The molecule has 23 heavy (non-hydrogen) atoms. The molecule has 2 aromatic heterocycles. The zero-order chi connectivity index (χ0) is 16.1. The minimum absolute atomic E-state index is 0.0539. The second-order valence-corrected chi connectivity index (χ2v) is 6.34. The Kier molecular flexibility index (Phi) is 5.14. The van der Waals surface area contributed by atoms with Gasteiger partial charge in [0.15, 0.2) is 0 Å². The number of hydrogen-bond donors (Lipinski definition) is 1. The van der Waals surface area contributed by atoms with Gasteiger partial charge >= 0.3 is 0 Å². The number of rotatable bonds is 5. The molecular weight excluding hydrogens is 314 g/mol. The third-order valence-corrected chi connectivity index (χ3v) is 4.34. The number of amides is 1. The molecule has 0 spiro atoms. The summed E-state index contributed by atoms with van der Waals surface area (Å²) in [6.45, 7) is 5.40. The fourth-order valence-electron chi connectivity index (χ4n) is 2.35. The molecule has 0 radical (unpaired) electrons. The van der Waals surface area contributed by atoms with Crippen LogP contribution in [0.5, 0.6) is 0 Å². The van der Waals surface area contributed by atoms with Crippen LogP contribution in [0.4, 0.5) is 5.82 Å². The Bertz CT molecular complexity index is 669. The van der Waals surface area contributed by atoms with Crippen molar-refractivity contribution in [2.45, 2.75) is 19.9 Å². The maximum atomic E-state index is 12.0. The lowest BCUT2D eigenvalue weighted by Gasteiger charge is -2.27. The maximum absolute atomic E-state index is 12.0. The quantitative estimate of drug-likeness (QED) is 0.877. The van der Waals surface area contributed by atoms with Gasteiger partial charge in [0.1, 0.15) is 12.1 Å². The summed E-state index contributed by atoms with van der Waals surface area (Å²) in [5.41, 5.74) is 1.60. The van der Waals surface area contributed by atoms with Crippen molar-refractivity contribution < 1.29 is 9.53 Å². The Morgan fingerprint density at radius 2 is 2.17 bits per heavy atom. The number of hydrogen-bond acceptors (Lipinski definition) is 7. The first kappa shape index (κ1) is 15.8. The fraction of sp³-hybridized carbons (Fsp3) is 0.467. The molecule has 8 heteroatoms. The number of aryl methyl sites for hydroxylation is 1. The first-order valence-corrected chi connectivity index (χ1v) is 8.40. The van der Waals surface area contributed by atoms with Crippen molar-refractivity contribution in [1.82, 2.24) is 20.3 Å². The average Bonchev–Trinajstić information content (AvgIpc) is 2.99. The topological polar surface area (TPSA) is 80.2 Å². The van der Waals surface area contributed by atoms with Gasteiger partial charge in [-0.15, -0.1) is 11.3 Å². The Morgan fingerprint density at radius 3 is 2.91 bits per heavy atom. The zero-order valence-corrected chi connectivity index (χ0v) is 13.8. The maximum Gasteiger partial charge on any atom is 0.226 e. The molecule has 0 bridgehead atoms. The van der Waals surface area contributed by atoms with Crippen LogP contribution < -0.4 is 10.2 Å². The van der Waals surface area contributed by atoms with Crippen LogP contribution in [-0.4, -0.2) is 47.2 Å². The van der Waals surface area contributed by atoms with Gasteiger partial charge in [-0.05, 0) is 6.92 Å². The second-order valence-electron chi connectivity index (χ2n) is 5.28. The Morgan fingerprint density at radius 1 is 1.35 bits per heavy atom. The minimum Gasteiger partial charge on any atom is -0.378 e. The van der Waals surface area contributed by atoms with Crippen LogP contribution in [-0.2, 0) is 22.5 Å². The van der Waals surface area contributed by atoms with Crippen LogP contribution in [0.15, 0.2) is 17.8 Å². The number of carbonyl (C=O) groups excluding carboxylic acids is 1. The van der Waals surface area contributed by atoms with Crippen molar-refractivity contribution in [1.29, 1.82) is 0 Å². The predicted octanol–water partition coefficient (Wildman–Crippen LogP) is 0.937. The Balaban J connectivity index is 1.54. The highest BCUT2D eigenvalue weighted by Gasteiger charge is 2.13. The standard InChI is InChI=1S/C15H19N5O2S/c1-11-19-13(9-23-11)7-15(21)16-8-12-6-14(18-10-17-12)20-2-4-22-5-3-20/h6,9-10H,2-5,7-8H2,1H3,(H,16,21). The molecule has 3 rings (SSSR count). The lowest BCUT2D eigenvalue weighted by atomic mass is 10.3. The van der Waals surface area contributed by atoms with E-state index in [-0.39, 0.29) is 5.91 Å². The summed E-state index contributed by atoms with van der Waals surface area (Å²) in [7, 11) is 0. The molecule has 122 valence electrons. The molecule has 0 atom stereocenters. The van der Waals surface area contributed by atoms with Gasteiger partial charge in [0.05, 0.1) is 42.6 Å². The van der Waals surface area contributed by atoms with Crippen LogP contribution in [0.1, 0.15) is 16.4 Å². The van der Waals surface area contributed by atoms with E-state index in [9.17, 15) is 4.79 Å². The summed E-state index contributed by atoms with van der Waals surface area (Å²) < 4.78 is 5.34. The van der Waals surface area contributed by atoms with E-state index in [4.69, 9.17) is 4.74 Å². The van der Waals surface area contributed by atoms with Crippen molar-refractivity contribution in [3.05, 3.63) is 34.2 Å². The van der Waals surface area contributed by atoms with Crippen molar-refractivity contribution in [2.24, 2.45) is 0 Å². The number of anilines is 1. The van der Waals surface area contributed by atoms with Crippen LogP contribution in [0.3, 0.4) is 0 Å². The lowest BCUT2D eigenvalue weighted by molar-refractivity contribution is -0.120. The minimum atomic E-state index is -0.0539. The third-order valence-electron chi connectivity index (χ3n) is 3.52. The molecule has 0 aliphatic carbocycles. The molecule has 0 unspecified atom stereocenters. The van der Waals surface area contributed by atoms with E-state index in [1.165, 1.54) is 6.33 Å². The number of nitrogens with one attached hydrogen (secondary N) is 1. The van der Waals surface area contributed by atoms with Crippen molar-refractivity contribution in [2.75, 3.05) is 31.2 Å². The van der Waals surface area contributed by atoms with E-state index in [0.29, 0.717) is 26.2 Å². The summed E-state index contributed by atoms with van der Waals surface area (Å²) in [4.78, 5) is 26.9. The van der Waals surface area contributed by atoms with Crippen LogP contribution in [0, 0.1) is 6.92 Å². The fourth-order valence-corrected chi connectivity index (χ4v) is 2.97. The molecule has 1 aliphatic heterocycles. The molecule has 3 heterocycles.